The number of benzene rings is 2. The van der Waals surface area contributed by atoms with E-state index >= 15 is 0 Å². The maximum atomic E-state index is 13.1. The summed E-state index contributed by atoms with van der Waals surface area (Å²) < 4.78 is 18.9. The molecular weight excluding hydrogens is 501 g/mol. The Morgan fingerprint density at radius 2 is 1.92 bits per heavy atom. The predicted octanol–water partition coefficient (Wildman–Crippen LogP) is 3.21. The fourth-order valence-electron chi connectivity index (χ4n) is 4.15. The van der Waals surface area contributed by atoms with E-state index in [1.54, 1.807) is 23.2 Å². The Balaban J connectivity index is 1.30. The van der Waals surface area contributed by atoms with Gasteiger partial charge in [0.05, 0.1) is 18.1 Å². The second-order valence-corrected chi connectivity index (χ2v) is 9.27. The summed E-state index contributed by atoms with van der Waals surface area (Å²) in [6, 6.07) is 9.34. The van der Waals surface area contributed by atoms with Crippen molar-refractivity contribution in [1.29, 1.82) is 0 Å². The molecule has 2 heterocycles. The van der Waals surface area contributed by atoms with Gasteiger partial charge < -0.3 is 25.7 Å². The summed E-state index contributed by atoms with van der Waals surface area (Å²) in [5, 5.41) is 3.09. The molecule has 194 valence electrons. The van der Waals surface area contributed by atoms with Gasteiger partial charge in [-0.1, -0.05) is 11.6 Å². The lowest BCUT2D eigenvalue weighted by atomic mass is 9.89. The minimum atomic E-state index is -0.840. The zero-order valence-electron chi connectivity index (χ0n) is 20.0. The van der Waals surface area contributed by atoms with Crippen LogP contribution in [0.5, 0.6) is 5.75 Å². The molecule has 1 aromatic heterocycles. The van der Waals surface area contributed by atoms with Gasteiger partial charge in [-0.2, -0.15) is 0 Å². The van der Waals surface area contributed by atoms with E-state index in [0.717, 1.165) is 5.69 Å². The summed E-state index contributed by atoms with van der Waals surface area (Å²) in [5.74, 6) is -1.06. The molecule has 37 heavy (non-hydrogen) atoms. The molecule has 2 amide bonds. The van der Waals surface area contributed by atoms with Crippen molar-refractivity contribution in [1.82, 2.24) is 14.9 Å². The van der Waals surface area contributed by atoms with Gasteiger partial charge in [-0.3, -0.25) is 14.4 Å². The number of carbonyl (C=O) groups excluding carboxylic acids is 3. The van der Waals surface area contributed by atoms with Crippen LogP contribution in [-0.2, 0) is 16.0 Å². The highest BCUT2D eigenvalue weighted by Crippen LogP contribution is 2.29. The van der Waals surface area contributed by atoms with Gasteiger partial charge in [0.2, 0.25) is 5.91 Å². The molecule has 2 aromatic carbocycles. The molecule has 3 aromatic rings. The predicted molar refractivity (Wildman–Crippen MR) is 136 cm³/mol. The zero-order valence-corrected chi connectivity index (χ0v) is 20.7. The van der Waals surface area contributed by atoms with Crippen LogP contribution in [0, 0.1) is 11.7 Å². The van der Waals surface area contributed by atoms with Gasteiger partial charge in [-0.25, -0.2) is 9.37 Å². The second kappa shape index (κ2) is 12.0. The Morgan fingerprint density at radius 1 is 1.19 bits per heavy atom. The molecular formula is C26H27ClFN5O4. The van der Waals surface area contributed by atoms with Gasteiger partial charge in [0.25, 0.3) is 5.91 Å². The van der Waals surface area contributed by atoms with Crippen LogP contribution in [0.3, 0.4) is 0 Å². The Morgan fingerprint density at radius 3 is 2.59 bits per heavy atom. The monoisotopic (exact) mass is 527 g/mol. The SMILES string of the molecule is N[C@@H](Cc1cnc[nH]1)C(=O)Nc1cc(Cl)ccc1OCC(=O)N1CCC(C(=O)c2ccc(F)cc2)CC1. The third-order valence-corrected chi connectivity index (χ3v) is 6.46. The number of amides is 2. The first kappa shape index (κ1) is 26.3. The number of Topliss-reactive ketones (excluding diaryl/α,β-unsaturated/α-hetero) is 1. The van der Waals surface area contributed by atoms with Crippen LogP contribution in [0.1, 0.15) is 28.9 Å². The van der Waals surface area contributed by atoms with E-state index in [-0.39, 0.29) is 36.4 Å². The summed E-state index contributed by atoms with van der Waals surface area (Å²) in [6.07, 6.45) is 4.39. The van der Waals surface area contributed by atoms with Crippen molar-refractivity contribution in [2.45, 2.75) is 25.3 Å². The third-order valence-electron chi connectivity index (χ3n) is 6.23. The molecule has 1 aliphatic rings. The topological polar surface area (TPSA) is 130 Å². The number of ketones is 1. The van der Waals surface area contributed by atoms with E-state index in [1.165, 1.54) is 36.7 Å². The number of piperidine rings is 1. The average Bonchev–Trinajstić information content (AvgIpc) is 3.41. The molecule has 0 saturated carbocycles. The number of anilines is 1. The second-order valence-electron chi connectivity index (χ2n) is 8.83. The lowest BCUT2D eigenvalue weighted by Gasteiger charge is -2.31. The van der Waals surface area contributed by atoms with E-state index in [1.807, 2.05) is 0 Å². The van der Waals surface area contributed by atoms with Crippen molar-refractivity contribution < 1.29 is 23.5 Å². The number of hydrogen-bond acceptors (Lipinski definition) is 6. The first-order valence-corrected chi connectivity index (χ1v) is 12.2. The zero-order chi connectivity index (χ0) is 26.4. The number of H-pyrrole nitrogens is 1. The van der Waals surface area contributed by atoms with Gasteiger partial charge in [-0.05, 0) is 55.3 Å². The number of ether oxygens (including phenoxy) is 1. The van der Waals surface area contributed by atoms with Crippen molar-refractivity contribution in [3.8, 4) is 5.75 Å². The number of imidazole rings is 1. The molecule has 11 heteroatoms. The molecule has 1 atom stereocenters. The summed E-state index contributed by atoms with van der Waals surface area (Å²) in [4.78, 5) is 46.5. The third kappa shape index (κ3) is 6.93. The van der Waals surface area contributed by atoms with E-state index < -0.39 is 17.8 Å². The van der Waals surface area contributed by atoms with Gasteiger partial charge in [0, 0.05) is 47.9 Å². The maximum Gasteiger partial charge on any atom is 0.260 e. The molecule has 0 aliphatic carbocycles. The first-order valence-electron chi connectivity index (χ1n) is 11.8. The molecule has 0 radical (unpaired) electrons. The van der Waals surface area contributed by atoms with Gasteiger partial charge in [0.15, 0.2) is 12.4 Å². The lowest BCUT2D eigenvalue weighted by molar-refractivity contribution is -0.134. The number of likely N-dealkylation sites (tertiary alicyclic amines) is 1. The molecule has 4 N–H and O–H groups in total. The average molecular weight is 528 g/mol. The number of rotatable bonds is 9. The number of aromatic amines is 1. The lowest BCUT2D eigenvalue weighted by Crippen LogP contribution is -2.42. The summed E-state index contributed by atoms with van der Waals surface area (Å²) in [7, 11) is 0. The van der Waals surface area contributed by atoms with E-state index in [4.69, 9.17) is 22.1 Å². The highest BCUT2D eigenvalue weighted by molar-refractivity contribution is 6.31. The van der Waals surface area contributed by atoms with Gasteiger partial charge in [0.1, 0.15) is 11.6 Å². The van der Waals surface area contributed by atoms with Crippen molar-refractivity contribution in [3.05, 3.63) is 77.1 Å². The van der Waals surface area contributed by atoms with Crippen molar-refractivity contribution in [3.63, 3.8) is 0 Å². The number of nitrogens with zero attached hydrogens (tertiary/aromatic N) is 2. The molecule has 1 aliphatic heterocycles. The molecule has 1 fully saturated rings. The summed E-state index contributed by atoms with van der Waals surface area (Å²) >= 11 is 6.10. The van der Waals surface area contributed by atoms with Crippen LogP contribution in [-0.4, -0.2) is 58.2 Å². The molecule has 4 rings (SSSR count). The fourth-order valence-corrected chi connectivity index (χ4v) is 4.32. The van der Waals surface area contributed by atoms with Crippen LogP contribution in [0.25, 0.3) is 0 Å². The first-order chi connectivity index (χ1) is 17.8. The minimum Gasteiger partial charge on any atom is -0.482 e. The highest BCUT2D eigenvalue weighted by atomic mass is 35.5. The number of carbonyl (C=O) groups is 3. The minimum absolute atomic E-state index is 0.0457. The number of halogens is 2. The Bertz CT molecular complexity index is 1240. The largest absolute Gasteiger partial charge is 0.482 e. The van der Waals surface area contributed by atoms with Crippen LogP contribution < -0.4 is 15.8 Å². The normalized spacial score (nSPS) is 14.7. The maximum absolute atomic E-state index is 13.1. The van der Waals surface area contributed by atoms with Crippen LogP contribution in [0.2, 0.25) is 5.02 Å². The summed E-state index contributed by atoms with van der Waals surface area (Å²) in [6.45, 7) is 0.570. The van der Waals surface area contributed by atoms with Gasteiger partial charge >= 0.3 is 0 Å². The van der Waals surface area contributed by atoms with E-state index in [9.17, 15) is 18.8 Å². The van der Waals surface area contributed by atoms with Gasteiger partial charge in [-0.15, -0.1) is 0 Å². The highest BCUT2D eigenvalue weighted by Gasteiger charge is 2.28. The molecule has 9 nitrogen and oxygen atoms in total. The fraction of sp³-hybridized carbons (Fsp3) is 0.308. The Labute approximate surface area is 218 Å². The molecule has 0 bridgehead atoms. The number of nitrogens with two attached hydrogens (primary N) is 1. The van der Waals surface area contributed by atoms with Crippen LogP contribution in [0.4, 0.5) is 10.1 Å². The van der Waals surface area contributed by atoms with Crippen LogP contribution >= 0.6 is 11.6 Å². The van der Waals surface area contributed by atoms with Crippen molar-refractivity contribution in [2.75, 3.05) is 25.0 Å². The number of nitrogens with one attached hydrogen (secondary N) is 2. The van der Waals surface area contributed by atoms with E-state index in [2.05, 4.69) is 15.3 Å². The van der Waals surface area contributed by atoms with Crippen molar-refractivity contribution in [2.24, 2.45) is 11.7 Å². The Kier molecular flexibility index (Phi) is 8.52. The summed E-state index contributed by atoms with van der Waals surface area (Å²) in [5.41, 5.74) is 7.50. The quantitative estimate of drug-likeness (QED) is 0.366. The standard InChI is InChI=1S/C26H27ClFN5O4/c27-18-3-6-23(22(11-18)32-26(36)21(29)12-20-13-30-15-31-20)37-14-24(34)33-9-7-17(8-10-33)25(35)16-1-4-19(28)5-2-16/h1-6,11,13,15,17,21H,7-10,12,14,29H2,(H,30,31)(H,32,36)/t21-/m0/s1. The smallest absolute Gasteiger partial charge is 0.260 e. The molecule has 0 spiro atoms. The Hall–Kier alpha value is -3.76. The van der Waals surface area contributed by atoms with E-state index in [0.29, 0.717) is 42.2 Å². The number of aromatic nitrogens is 2. The van der Waals surface area contributed by atoms with Crippen LogP contribution in [0.15, 0.2) is 55.0 Å². The number of hydrogen-bond donors (Lipinski definition) is 3. The van der Waals surface area contributed by atoms with Crippen molar-refractivity contribution >= 4 is 34.9 Å². The molecule has 1 saturated heterocycles. The molecule has 0 unspecified atom stereocenters.